The van der Waals surface area contributed by atoms with E-state index in [1.165, 1.54) is 26.4 Å². The van der Waals surface area contributed by atoms with Gasteiger partial charge < -0.3 is 13.9 Å². The Balaban J connectivity index is 1.73. The molecule has 1 aliphatic carbocycles. The third kappa shape index (κ3) is 2.60. The molecule has 1 aromatic rings. The normalized spacial score (nSPS) is 27.1. The van der Waals surface area contributed by atoms with Crippen molar-refractivity contribution in [3.8, 4) is 0 Å². The number of hydrogen-bond donors (Lipinski definition) is 0. The predicted molar refractivity (Wildman–Crippen MR) is 72.5 cm³/mol. The van der Waals surface area contributed by atoms with E-state index in [0.717, 1.165) is 31.7 Å². The van der Waals surface area contributed by atoms with Crippen molar-refractivity contribution in [3.05, 3.63) is 23.7 Å². The summed E-state index contributed by atoms with van der Waals surface area (Å²) >= 11 is 0. The van der Waals surface area contributed by atoms with Crippen molar-refractivity contribution >= 4 is 5.97 Å². The van der Waals surface area contributed by atoms with E-state index < -0.39 is 5.97 Å². The first kappa shape index (κ1) is 13.6. The number of esters is 1. The lowest BCUT2D eigenvalue weighted by molar-refractivity contribution is -0.0912. The van der Waals surface area contributed by atoms with Crippen LogP contribution >= 0.6 is 0 Å². The van der Waals surface area contributed by atoms with Crippen molar-refractivity contribution in [2.45, 2.75) is 44.4 Å². The number of methoxy groups -OCH3 is 1. The van der Waals surface area contributed by atoms with Gasteiger partial charge in [-0.3, -0.25) is 4.90 Å². The third-order valence-corrected chi connectivity index (χ3v) is 4.34. The molecule has 0 unspecified atom stereocenters. The summed E-state index contributed by atoms with van der Waals surface area (Å²) < 4.78 is 15.9. The van der Waals surface area contributed by atoms with E-state index in [1.54, 1.807) is 6.26 Å². The van der Waals surface area contributed by atoms with Crippen molar-refractivity contribution < 1.29 is 18.7 Å². The van der Waals surface area contributed by atoms with Crippen molar-refractivity contribution in [3.63, 3.8) is 0 Å². The summed E-state index contributed by atoms with van der Waals surface area (Å²) in [6.07, 6.45) is 6.75. The predicted octanol–water partition coefficient (Wildman–Crippen LogP) is 2.21. The lowest BCUT2D eigenvalue weighted by Crippen LogP contribution is -2.52. The fraction of sp³-hybridized carbons (Fsp3) is 0.667. The van der Waals surface area contributed by atoms with Gasteiger partial charge >= 0.3 is 5.97 Å². The molecule has 0 spiro atoms. The van der Waals surface area contributed by atoms with Gasteiger partial charge in [0, 0.05) is 24.7 Å². The average molecular weight is 279 g/mol. The summed E-state index contributed by atoms with van der Waals surface area (Å²) in [5.41, 5.74) is 0.906. The Kier molecular flexibility index (Phi) is 4.08. The van der Waals surface area contributed by atoms with Crippen LogP contribution in [-0.4, -0.2) is 43.3 Å². The molecule has 20 heavy (non-hydrogen) atoms. The van der Waals surface area contributed by atoms with Crippen LogP contribution in [0, 0.1) is 0 Å². The number of hydrogen-bond acceptors (Lipinski definition) is 5. The molecule has 110 valence electrons. The largest absolute Gasteiger partial charge is 0.463 e. The van der Waals surface area contributed by atoms with Crippen LogP contribution < -0.4 is 0 Å². The number of furan rings is 1. The Labute approximate surface area is 118 Å². The molecule has 2 atom stereocenters. The summed E-state index contributed by atoms with van der Waals surface area (Å²) in [5.74, 6) is -0.0789. The maximum absolute atomic E-state index is 11.7. The number of ether oxygens (including phenoxy) is 2. The standard InChI is InChI=1S/C15H21NO4/c1-18-15(17)14-11(6-8-20-14)10-16-7-9-19-13-5-3-2-4-12(13)16/h6,8,12-13H,2-5,7,9-10H2,1H3/t12-,13+/m1/s1. The van der Waals surface area contributed by atoms with Gasteiger partial charge in [-0.2, -0.15) is 0 Å². The van der Waals surface area contributed by atoms with Gasteiger partial charge in [0.05, 0.1) is 26.1 Å². The van der Waals surface area contributed by atoms with Gasteiger partial charge in [0.25, 0.3) is 0 Å². The van der Waals surface area contributed by atoms with Gasteiger partial charge in [0.15, 0.2) is 0 Å². The fourth-order valence-electron chi connectivity index (χ4n) is 3.32. The number of rotatable bonds is 3. The smallest absolute Gasteiger partial charge is 0.374 e. The van der Waals surface area contributed by atoms with Crippen LogP contribution in [0.25, 0.3) is 0 Å². The lowest BCUT2D eigenvalue weighted by Gasteiger charge is -2.43. The Hall–Kier alpha value is -1.33. The third-order valence-electron chi connectivity index (χ3n) is 4.34. The number of nitrogens with zero attached hydrogens (tertiary/aromatic N) is 1. The number of fused-ring (bicyclic) bond motifs is 1. The molecule has 0 radical (unpaired) electrons. The number of carbonyl (C=O) groups is 1. The highest BCUT2D eigenvalue weighted by atomic mass is 16.5. The molecule has 1 aromatic heterocycles. The van der Waals surface area contributed by atoms with Crippen LogP contribution in [-0.2, 0) is 16.0 Å². The van der Waals surface area contributed by atoms with Crippen LogP contribution in [0.4, 0.5) is 0 Å². The Morgan fingerprint density at radius 2 is 2.30 bits per heavy atom. The first-order valence-corrected chi connectivity index (χ1v) is 7.30. The first-order valence-electron chi connectivity index (χ1n) is 7.30. The van der Waals surface area contributed by atoms with Gasteiger partial charge in [-0.15, -0.1) is 0 Å². The van der Waals surface area contributed by atoms with Crippen LogP contribution in [0.2, 0.25) is 0 Å². The van der Waals surface area contributed by atoms with Crippen LogP contribution in [0.1, 0.15) is 41.8 Å². The molecular weight excluding hydrogens is 258 g/mol. The minimum Gasteiger partial charge on any atom is -0.463 e. The molecule has 0 bridgehead atoms. The SMILES string of the molecule is COC(=O)c1occc1CN1CCO[C@H]2CCCC[C@H]21. The van der Waals surface area contributed by atoms with Gasteiger partial charge in [-0.1, -0.05) is 12.8 Å². The van der Waals surface area contributed by atoms with Crippen LogP contribution in [0.3, 0.4) is 0 Å². The summed E-state index contributed by atoms with van der Waals surface area (Å²) in [4.78, 5) is 14.1. The highest BCUT2D eigenvalue weighted by molar-refractivity contribution is 5.87. The molecule has 2 heterocycles. The summed E-state index contributed by atoms with van der Waals surface area (Å²) in [7, 11) is 1.38. The van der Waals surface area contributed by atoms with E-state index in [1.807, 2.05) is 6.07 Å². The van der Waals surface area contributed by atoms with E-state index in [4.69, 9.17) is 13.9 Å². The second kappa shape index (κ2) is 5.97. The Morgan fingerprint density at radius 3 is 3.15 bits per heavy atom. The molecular formula is C15H21NO4. The zero-order valence-corrected chi connectivity index (χ0v) is 11.8. The van der Waals surface area contributed by atoms with Crippen molar-refractivity contribution in [2.75, 3.05) is 20.3 Å². The molecule has 0 N–H and O–H groups in total. The second-order valence-electron chi connectivity index (χ2n) is 5.50. The van der Waals surface area contributed by atoms with Crippen molar-refractivity contribution in [1.82, 2.24) is 4.90 Å². The second-order valence-corrected chi connectivity index (χ2v) is 5.50. The molecule has 0 aromatic carbocycles. The Bertz CT molecular complexity index is 468. The van der Waals surface area contributed by atoms with E-state index in [2.05, 4.69) is 4.90 Å². The average Bonchev–Trinajstić information content (AvgIpc) is 2.95. The molecule has 1 saturated carbocycles. The van der Waals surface area contributed by atoms with Gasteiger partial charge in [-0.05, 0) is 18.9 Å². The van der Waals surface area contributed by atoms with Gasteiger partial charge in [0.1, 0.15) is 0 Å². The van der Waals surface area contributed by atoms with E-state index >= 15 is 0 Å². The molecule has 5 nitrogen and oxygen atoms in total. The molecule has 5 heteroatoms. The molecule has 1 aliphatic heterocycles. The van der Waals surface area contributed by atoms with Crippen LogP contribution in [0.5, 0.6) is 0 Å². The Morgan fingerprint density at radius 1 is 1.45 bits per heavy atom. The quantitative estimate of drug-likeness (QED) is 0.794. The zero-order valence-electron chi connectivity index (χ0n) is 11.8. The molecule has 1 saturated heterocycles. The lowest BCUT2D eigenvalue weighted by atomic mass is 9.90. The maximum Gasteiger partial charge on any atom is 0.374 e. The fourth-order valence-corrected chi connectivity index (χ4v) is 3.32. The highest BCUT2D eigenvalue weighted by Gasteiger charge is 2.34. The molecule has 2 fully saturated rings. The minimum absolute atomic E-state index is 0.325. The van der Waals surface area contributed by atoms with Gasteiger partial charge in [0.2, 0.25) is 5.76 Å². The number of morpholine rings is 1. The minimum atomic E-state index is -0.404. The summed E-state index contributed by atoms with van der Waals surface area (Å²) in [5, 5.41) is 0. The van der Waals surface area contributed by atoms with Gasteiger partial charge in [-0.25, -0.2) is 4.79 Å². The maximum atomic E-state index is 11.7. The monoisotopic (exact) mass is 279 g/mol. The first-order chi connectivity index (χ1) is 9.79. The molecule has 0 amide bonds. The molecule has 3 rings (SSSR count). The summed E-state index contributed by atoms with van der Waals surface area (Å²) in [6.45, 7) is 2.41. The molecule has 2 aliphatic rings. The summed E-state index contributed by atoms with van der Waals surface area (Å²) in [6, 6.07) is 2.33. The zero-order chi connectivity index (χ0) is 13.9. The number of carbonyl (C=O) groups excluding carboxylic acids is 1. The topological polar surface area (TPSA) is 51.9 Å². The van der Waals surface area contributed by atoms with E-state index in [0.29, 0.717) is 17.9 Å². The van der Waals surface area contributed by atoms with Crippen molar-refractivity contribution in [2.24, 2.45) is 0 Å². The van der Waals surface area contributed by atoms with Crippen molar-refractivity contribution in [1.29, 1.82) is 0 Å². The van der Waals surface area contributed by atoms with E-state index in [9.17, 15) is 4.79 Å². The van der Waals surface area contributed by atoms with E-state index in [-0.39, 0.29) is 0 Å². The van der Waals surface area contributed by atoms with Crippen LogP contribution in [0.15, 0.2) is 16.7 Å². The highest BCUT2D eigenvalue weighted by Crippen LogP contribution is 2.30.